The molecule has 0 aliphatic heterocycles. The van der Waals surface area contributed by atoms with Crippen LogP contribution in [0.25, 0.3) is 0 Å². The number of anilines is 1. The summed E-state index contributed by atoms with van der Waals surface area (Å²) in [4.78, 5) is 29.1. The maximum atomic E-state index is 14.2. The second kappa shape index (κ2) is 14.6. The number of rotatable bonds is 11. The SMILES string of the molecule is CCC(C(=O)NC1CCCCC1)N(Cc1ccc(Cl)c(Cl)c1)C(=O)CN(c1ccc(C)cc1)S(=O)(=O)c1ccc(F)cc1. The zero-order valence-corrected chi connectivity index (χ0v) is 26.6. The van der Waals surface area contributed by atoms with E-state index in [1.165, 1.54) is 4.90 Å². The first-order valence-electron chi connectivity index (χ1n) is 14.4. The van der Waals surface area contributed by atoms with Gasteiger partial charge < -0.3 is 10.2 Å². The highest BCUT2D eigenvalue weighted by molar-refractivity contribution is 7.92. The van der Waals surface area contributed by atoms with Gasteiger partial charge in [-0.1, -0.05) is 73.2 Å². The Morgan fingerprint density at radius 2 is 1.60 bits per heavy atom. The lowest BCUT2D eigenvalue weighted by molar-refractivity contribution is -0.140. The minimum absolute atomic E-state index is 0.00461. The van der Waals surface area contributed by atoms with Gasteiger partial charge in [-0.2, -0.15) is 0 Å². The van der Waals surface area contributed by atoms with Crippen LogP contribution >= 0.6 is 23.2 Å². The zero-order chi connectivity index (χ0) is 31.1. The van der Waals surface area contributed by atoms with Crippen molar-refractivity contribution in [2.75, 3.05) is 10.8 Å². The summed E-state index contributed by atoms with van der Waals surface area (Å²) in [5.74, 6) is -1.45. The van der Waals surface area contributed by atoms with Crippen LogP contribution < -0.4 is 9.62 Å². The Kier molecular flexibility index (Phi) is 11.1. The number of benzene rings is 3. The molecule has 0 radical (unpaired) electrons. The van der Waals surface area contributed by atoms with Gasteiger partial charge in [0.05, 0.1) is 20.6 Å². The van der Waals surface area contributed by atoms with Crippen molar-refractivity contribution in [1.82, 2.24) is 10.2 Å². The fourth-order valence-electron chi connectivity index (χ4n) is 5.27. The van der Waals surface area contributed by atoms with Crippen molar-refractivity contribution in [3.8, 4) is 0 Å². The lowest BCUT2D eigenvalue weighted by atomic mass is 9.95. The predicted molar refractivity (Wildman–Crippen MR) is 168 cm³/mol. The number of halogens is 3. The summed E-state index contributed by atoms with van der Waals surface area (Å²) in [5.41, 5.74) is 1.80. The Balaban J connectivity index is 1.71. The summed E-state index contributed by atoms with van der Waals surface area (Å²) in [6.45, 7) is 3.10. The molecule has 7 nitrogen and oxygen atoms in total. The van der Waals surface area contributed by atoms with E-state index in [1.54, 1.807) is 42.5 Å². The highest BCUT2D eigenvalue weighted by Crippen LogP contribution is 2.27. The number of hydrogen-bond acceptors (Lipinski definition) is 4. The molecule has 0 heterocycles. The van der Waals surface area contributed by atoms with Crippen LogP contribution in [0, 0.1) is 12.7 Å². The van der Waals surface area contributed by atoms with Gasteiger partial charge in [-0.25, -0.2) is 12.8 Å². The molecule has 0 spiro atoms. The Morgan fingerprint density at radius 3 is 2.21 bits per heavy atom. The Labute approximate surface area is 263 Å². The summed E-state index contributed by atoms with van der Waals surface area (Å²) in [6, 6.07) is 15.3. The fourth-order valence-corrected chi connectivity index (χ4v) is 7.01. The molecule has 11 heteroatoms. The Bertz CT molecular complexity index is 1530. The quantitative estimate of drug-likeness (QED) is 0.245. The molecule has 43 heavy (non-hydrogen) atoms. The average Bonchev–Trinajstić information content (AvgIpc) is 2.98. The largest absolute Gasteiger partial charge is 0.352 e. The molecule has 1 N–H and O–H groups in total. The zero-order valence-electron chi connectivity index (χ0n) is 24.2. The molecule has 1 unspecified atom stereocenters. The Morgan fingerprint density at radius 1 is 0.953 bits per heavy atom. The van der Waals surface area contributed by atoms with Crippen LogP contribution in [-0.4, -0.2) is 43.8 Å². The van der Waals surface area contributed by atoms with Crippen LogP contribution in [0.1, 0.15) is 56.6 Å². The van der Waals surface area contributed by atoms with Crippen LogP contribution in [0.3, 0.4) is 0 Å². The van der Waals surface area contributed by atoms with Crippen molar-refractivity contribution in [2.24, 2.45) is 0 Å². The Hall–Kier alpha value is -3.14. The van der Waals surface area contributed by atoms with Gasteiger partial charge in [0.2, 0.25) is 11.8 Å². The first kappa shape index (κ1) is 32.8. The second-order valence-electron chi connectivity index (χ2n) is 10.8. The van der Waals surface area contributed by atoms with Crippen molar-refractivity contribution in [3.63, 3.8) is 0 Å². The van der Waals surface area contributed by atoms with E-state index < -0.39 is 34.3 Å². The highest BCUT2D eigenvalue weighted by Gasteiger charge is 2.34. The summed E-state index contributed by atoms with van der Waals surface area (Å²) in [5, 5.41) is 3.76. The number of aryl methyl sites for hydroxylation is 1. The first-order valence-corrected chi connectivity index (χ1v) is 16.6. The van der Waals surface area contributed by atoms with E-state index in [2.05, 4.69) is 5.32 Å². The van der Waals surface area contributed by atoms with Crippen molar-refractivity contribution >= 4 is 50.7 Å². The number of carbonyl (C=O) groups excluding carboxylic acids is 2. The van der Waals surface area contributed by atoms with Gasteiger partial charge in [-0.05, 0) is 80.3 Å². The summed E-state index contributed by atoms with van der Waals surface area (Å²) in [6.07, 6.45) is 5.24. The number of hydrogen-bond donors (Lipinski definition) is 1. The molecule has 3 aromatic rings. The van der Waals surface area contributed by atoms with Gasteiger partial charge >= 0.3 is 0 Å². The number of carbonyl (C=O) groups is 2. The molecule has 0 bridgehead atoms. The maximum absolute atomic E-state index is 14.2. The summed E-state index contributed by atoms with van der Waals surface area (Å²) in [7, 11) is -4.29. The molecular weight excluding hydrogens is 612 g/mol. The predicted octanol–water partition coefficient (Wildman–Crippen LogP) is 6.89. The smallest absolute Gasteiger partial charge is 0.264 e. The van der Waals surface area contributed by atoms with Gasteiger partial charge in [0, 0.05) is 12.6 Å². The third-order valence-corrected chi connectivity index (χ3v) is 10.2. The standard InChI is InChI=1S/C32H36Cl2FN3O4S/c1-3-30(32(40)36-25-7-5-4-6-8-25)37(20-23-11-18-28(33)29(34)19-23)31(39)21-38(26-14-9-22(2)10-15-26)43(41,42)27-16-12-24(35)13-17-27/h9-19,25,30H,3-8,20-21H2,1-2H3,(H,36,40). The molecule has 1 aliphatic rings. The van der Waals surface area contributed by atoms with E-state index in [0.29, 0.717) is 22.0 Å². The van der Waals surface area contributed by atoms with Gasteiger partial charge in [-0.3, -0.25) is 13.9 Å². The molecule has 2 amide bonds. The van der Waals surface area contributed by atoms with Gasteiger partial charge in [-0.15, -0.1) is 0 Å². The third kappa shape index (κ3) is 8.28. The van der Waals surface area contributed by atoms with E-state index in [4.69, 9.17) is 23.2 Å². The normalized spacial score (nSPS) is 14.6. The molecule has 1 fully saturated rings. The molecule has 1 atom stereocenters. The van der Waals surface area contributed by atoms with Crippen LogP contribution in [0.5, 0.6) is 0 Å². The molecule has 1 saturated carbocycles. The van der Waals surface area contributed by atoms with E-state index in [9.17, 15) is 22.4 Å². The number of nitrogens with zero attached hydrogens (tertiary/aromatic N) is 2. The minimum Gasteiger partial charge on any atom is -0.352 e. The average molecular weight is 649 g/mol. The van der Waals surface area contributed by atoms with E-state index in [1.807, 2.05) is 13.8 Å². The van der Waals surface area contributed by atoms with E-state index in [0.717, 1.165) is 66.2 Å². The number of nitrogens with one attached hydrogen (secondary N) is 1. The highest BCUT2D eigenvalue weighted by atomic mass is 35.5. The molecule has 4 rings (SSSR count). The van der Waals surface area contributed by atoms with Crippen molar-refractivity contribution in [1.29, 1.82) is 0 Å². The maximum Gasteiger partial charge on any atom is 0.264 e. The summed E-state index contributed by atoms with van der Waals surface area (Å²) >= 11 is 12.4. The summed E-state index contributed by atoms with van der Waals surface area (Å²) < 4.78 is 42.4. The first-order chi connectivity index (χ1) is 20.5. The molecule has 230 valence electrons. The van der Waals surface area contributed by atoms with Crippen LogP contribution in [0.15, 0.2) is 71.6 Å². The van der Waals surface area contributed by atoms with Crippen molar-refractivity contribution in [3.05, 3.63) is 93.7 Å². The number of amides is 2. The van der Waals surface area contributed by atoms with E-state index >= 15 is 0 Å². The minimum atomic E-state index is -4.29. The molecular formula is C32H36Cl2FN3O4S. The van der Waals surface area contributed by atoms with Crippen LogP contribution in [0.4, 0.5) is 10.1 Å². The van der Waals surface area contributed by atoms with E-state index in [-0.39, 0.29) is 29.1 Å². The second-order valence-corrected chi connectivity index (χ2v) is 13.5. The third-order valence-electron chi connectivity index (χ3n) is 7.68. The molecule has 3 aromatic carbocycles. The van der Waals surface area contributed by atoms with Gasteiger partial charge in [0.25, 0.3) is 10.0 Å². The molecule has 1 aliphatic carbocycles. The van der Waals surface area contributed by atoms with Crippen LogP contribution in [0.2, 0.25) is 10.0 Å². The lowest BCUT2D eigenvalue weighted by Crippen LogP contribution is -2.54. The lowest BCUT2D eigenvalue weighted by Gasteiger charge is -2.34. The fraction of sp³-hybridized carbons (Fsp3) is 0.375. The van der Waals surface area contributed by atoms with Gasteiger partial charge in [0.15, 0.2) is 0 Å². The molecule has 0 saturated heterocycles. The topological polar surface area (TPSA) is 86.8 Å². The monoisotopic (exact) mass is 647 g/mol. The van der Waals surface area contributed by atoms with Gasteiger partial charge in [0.1, 0.15) is 18.4 Å². The van der Waals surface area contributed by atoms with Crippen LogP contribution in [-0.2, 0) is 26.2 Å². The van der Waals surface area contributed by atoms with Crippen molar-refractivity contribution < 1.29 is 22.4 Å². The molecule has 0 aromatic heterocycles. The number of sulfonamides is 1. The van der Waals surface area contributed by atoms with Crippen molar-refractivity contribution in [2.45, 2.75) is 75.9 Å².